The molecule has 1 aliphatic carbocycles. The highest BCUT2D eigenvalue weighted by atomic mass is 32.1. The number of morpholine rings is 1. The Labute approximate surface area is 179 Å². The normalized spacial score (nSPS) is 20.0. The highest BCUT2D eigenvalue weighted by Crippen LogP contribution is 2.42. The van der Waals surface area contributed by atoms with Crippen molar-refractivity contribution in [3.05, 3.63) is 22.1 Å². The molecule has 3 aromatic heterocycles. The first-order valence-corrected chi connectivity index (χ1v) is 11.7. The molecule has 1 N–H and O–H groups in total. The van der Waals surface area contributed by atoms with E-state index in [4.69, 9.17) is 9.72 Å². The molecule has 4 heterocycles. The van der Waals surface area contributed by atoms with Crippen molar-refractivity contribution in [3.8, 4) is 0 Å². The smallest absolute Gasteiger partial charge is 0.290 e. The molecule has 9 heteroatoms. The molecule has 1 fully saturated rings. The maximum atomic E-state index is 12.7. The molecule has 1 aliphatic heterocycles. The average Bonchev–Trinajstić information content (AvgIpc) is 3.34. The number of carbonyl (C=O) groups is 1. The molecule has 0 radical (unpaired) electrons. The van der Waals surface area contributed by atoms with Crippen LogP contribution in [0.1, 0.15) is 59.0 Å². The van der Waals surface area contributed by atoms with Gasteiger partial charge in [0.15, 0.2) is 5.65 Å². The Balaban J connectivity index is 1.36. The summed E-state index contributed by atoms with van der Waals surface area (Å²) in [6.45, 7) is 9.30. The van der Waals surface area contributed by atoms with E-state index < -0.39 is 0 Å². The number of nitrogens with one attached hydrogen (secondary N) is 1. The predicted octanol–water partition coefficient (Wildman–Crippen LogP) is 2.54. The monoisotopic (exact) mass is 428 g/mol. The Hall–Kier alpha value is -2.10. The zero-order chi connectivity index (χ0) is 20.7. The first-order valence-electron chi connectivity index (χ1n) is 10.9. The van der Waals surface area contributed by atoms with E-state index in [1.54, 1.807) is 15.9 Å². The zero-order valence-corrected chi connectivity index (χ0v) is 18.4. The predicted molar refractivity (Wildman–Crippen MR) is 116 cm³/mol. The number of aromatic nitrogens is 4. The molecular formula is C21H28N6O2S. The Bertz CT molecular complexity index is 1080. The fourth-order valence-corrected chi connectivity index (χ4v) is 5.96. The Morgan fingerprint density at radius 3 is 2.97 bits per heavy atom. The van der Waals surface area contributed by atoms with Crippen molar-refractivity contribution >= 4 is 33.1 Å². The van der Waals surface area contributed by atoms with E-state index in [0.717, 1.165) is 67.4 Å². The largest absolute Gasteiger partial charge is 0.379 e. The molecule has 0 saturated carbocycles. The maximum absolute atomic E-state index is 12.7. The second-order valence-corrected chi connectivity index (χ2v) is 9.39. The maximum Gasteiger partial charge on any atom is 0.290 e. The van der Waals surface area contributed by atoms with Crippen LogP contribution < -0.4 is 5.32 Å². The Morgan fingerprint density at radius 1 is 1.30 bits per heavy atom. The van der Waals surface area contributed by atoms with E-state index in [-0.39, 0.29) is 11.7 Å². The zero-order valence-electron chi connectivity index (χ0n) is 17.6. The van der Waals surface area contributed by atoms with Gasteiger partial charge in [-0.05, 0) is 50.6 Å². The van der Waals surface area contributed by atoms with Crippen LogP contribution in [0, 0.1) is 6.92 Å². The van der Waals surface area contributed by atoms with Crippen LogP contribution in [-0.4, -0.2) is 69.8 Å². The number of rotatable bonds is 5. The van der Waals surface area contributed by atoms with E-state index in [0.29, 0.717) is 12.5 Å². The van der Waals surface area contributed by atoms with Gasteiger partial charge in [0.1, 0.15) is 10.7 Å². The molecule has 2 aliphatic rings. The summed E-state index contributed by atoms with van der Waals surface area (Å²) in [6, 6.07) is 0. The minimum Gasteiger partial charge on any atom is -0.379 e. The van der Waals surface area contributed by atoms with Crippen molar-refractivity contribution in [1.82, 2.24) is 29.8 Å². The van der Waals surface area contributed by atoms with Crippen molar-refractivity contribution < 1.29 is 9.53 Å². The highest BCUT2D eigenvalue weighted by molar-refractivity contribution is 7.19. The summed E-state index contributed by atoms with van der Waals surface area (Å²) >= 11 is 1.77. The molecule has 0 bridgehead atoms. The SMILES string of the molecule is Cc1nc2sc3c(c2c2nc(C(=O)NCCCN4CCOCC4)nn12)C(C)CCC3. The van der Waals surface area contributed by atoms with Gasteiger partial charge >= 0.3 is 0 Å². The summed E-state index contributed by atoms with van der Waals surface area (Å²) in [5, 5.41) is 8.56. The van der Waals surface area contributed by atoms with Crippen molar-refractivity contribution in [2.45, 2.75) is 45.4 Å². The summed E-state index contributed by atoms with van der Waals surface area (Å²) in [5.74, 6) is 1.26. The lowest BCUT2D eigenvalue weighted by atomic mass is 9.87. The van der Waals surface area contributed by atoms with Crippen LogP contribution in [0.4, 0.5) is 0 Å². The lowest BCUT2D eigenvalue weighted by Crippen LogP contribution is -2.38. The van der Waals surface area contributed by atoms with Gasteiger partial charge in [0.05, 0.1) is 18.6 Å². The van der Waals surface area contributed by atoms with Gasteiger partial charge in [-0.1, -0.05) is 6.92 Å². The summed E-state index contributed by atoms with van der Waals surface area (Å²) in [7, 11) is 0. The molecule has 160 valence electrons. The molecule has 1 atom stereocenters. The molecule has 1 saturated heterocycles. The van der Waals surface area contributed by atoms with Crippen LogP contribution >= 0.6 is 11.3 Å². The quantitative estimate of drug-likeness (QED) is 0.629. The van der Waals surface area contributed by atoms with Crippen molar-refractivity contribution in [2.24, 2.45) is 0 Å². The van der Waals surface area contributed by atoms with Crippen LogP contribution in [0.3, 0.4) is 0 Å². The number of fused-ring (bicyclic) bond motifs is 5. The summed E-state index contributed by atoms with van der Waals surface area (Å²) in [5.41, 5.74) is 2.13. The van der Waals surface area contributed by atoms with Gasteiger partial charge in [-0.15, -0.1) is 16.4 Å². The number of carbonyl (C=O) groups excluding carboxylic acids is 1. The number of thiophene rings is 1. The van der Waals surface area contributed by atoms with Gasteiger partial charge < -0.3 is 10.1 Å². The van der Waals surface area contributed by atoms with E-state index in [2.05, 4.69) is 27.2 Å². The number of hydrogen-bond acceptors (Lipinski definition) is 7. The lowest BCUT2D eigenvalue weighted by molar-refractivity contribution is 0.0374. The van der Waals surface area contributed by atoms with Crippen LogP contribution in [0.5, 0.6) is 0 Å². The first kappa shape index (κ1) is 19.8. The topological polar surface area (TPSA) is 84.7 Å². The van der Waals surface area contributed by atoms with Crippen molar-refractivity contribution in [3.63, 3.8) is 0 Å². The molecular weight excluding hydrogens is 400 g/mol. The number of nitrogens with zero attached hydrogens (tertiary/aromatic N) is 5. The molecule has 1 unspecified atom stereocenters. The minimum absolute atomic E-state index is 0.217. The van der Waals surface area contributed by atoms with Gasteiger partial charge in [-0.2, -0.15) is 4.52 Å². The average molecular weight is 429 g/mol. The third kappa shape index (κ3) is 3.59. The van der Waals surface area contributed by atoms with Gasteiger partial charge in [0.25, 0.3) is 5.91 Å². The van der Waals surface area contributed by atoms with E-state index in [1.807, 2.05) is 6.92 Å². The van der Waals surface area contributed by atoms with Crippen LogP contribution in [0.2, 0.25) is 0 Å². The fraction of sp³-hybridized carbons (Fsp3) is 0.619. The first-order chi connectivity index (χ1) is 14.6. The summed E-state index contributed by atoms with van der Waals surface area (Å²) in [4.78, 5) is 26.9. The van der Waals surface area contributed by atoms with Crippen LogP contribution in [-0.2, 0) is 11.2 Å². The lowest BCUT2D eigenvalue weighted by Gasteiger charge is -2.26. The molecule has 8 nitrogen and oxygen atoms in total. The van der Waals surface area contributed by atoms with E-state index in [1.165, 1.54) is 23.3 Å². The van der Waals surface area contributed by atoms with E-state index >= 15 is 0 Å². The Kier molecular flexibility index (Phi) is 5.43. The molecule has 0 aromatic carbocycles. The molecule has 0 spiro atoms. The molecule has 1 amide bonds. The van der Waals surface area contributed by atoms with Crippen molar-refractivity contribution in [2.75, 3.05) is 39.4 Å². The Morgan fingerprint density at radius 2 is 2.13 bits per heavy atom. The third-order valence-corrected chi connectivity index (χ3v) is 7.34. The number of aryl methyl sites for hydroxylation is 2. The number of amides is 1. The summed E-state index contributed by atoms with van der Waals surface area (Å²) < 4.78 is 7.11. The third-order valence-electron chi connectivity index (χ3n) is 6.18. The molecule has 5 rings (SSSR count). The van der Waals surface area contributed by atoms with Gasteiger partial charge in [-0.25, -0.2) is 9.97 Å². The van der Waals surface area contributed by atoms with E-state index in [9.17, 15) is 4.79 Å². The minimum atomic E-state index is -0.217. The van der Waals surface area contributed by atoms with Crippen LogP contribution in [0.15, 0.2) is 0 Å². The summed E-state index contributed by atoms with van der Waals surface area (Å²) in [6.07, 6.45) is 4.42. The fourth-order valence-electron chi connectivity index (χ4n) is 4.59. The van der Waals surface area contributed by atoms with Gasteiger partial charge in [0, 0.05) is 24.5 Å². The number of hydrogen-bond donors (Lipinski definition) is 1. The van der Waals surface area contributed by atoms with Crippen molar-refractivity contribution in [1.29, 1.82) is 0 Å². The highest BCUT2D eigenvalue weighted by Gasteiger charge is 2.26. The van der Waals surface area contributed by atoms with Gasteiger partial charge in [-0.3, -0.25) is 9.69 Å². The molecule has 3 aromatic rings. The van der Waals surface area contributed by atoms with Gasteiger partial charge in [0.2, 0.25) is 5.82 Å². The second kappa shape index (κ2) is 8.20. The number of ether oxygens (including phenoxy) is 1. The molecule has 30 heavy (non-hydrogen) atoms. The van der Waals surface area contributed by atoms with Crippen LogP contribution in [0.25, 0.3) is 15.9 Å². The second-order valence-electron chi connectivity index (χ2n) is 8.31. The standard InChI is InChI=1S/C21H28N6O2S/c1-13-5-3-6-15-16(13)17-19-24-18(25-27(19)14(2)23-21(17)30-15)20(28)22-7-4-8-26-9-11-29-12-10-26/h13H,3-12H2,1-2H3,(H,22,28).